The van der Waals surface area contributed by atoms with Crippen molar-refractivity contribution in [3.8, 4) is 0 Å². The highest BCUT2D eigenvalue weighted by Gasteiger charge is 2.63. The number of nitrogens with two attached hydrogens (primary N) is 2. The lowest BCUT2D eigenvalue weighted by molar-refractivity contribution is -0.201. The Bertz CT molecular complexity index is 943. The number of aliphatic hydroxyl groups is 3. The molecule has 0 bridgehead atoms. The van der Waals surface area contributed by atoms with E-state index in [9.17, 15) is 15.3 Å². The van der Waals surface area contributed by atoms with Crippen LogP contribution in [0.4, 0.5) is 0 Å². The van der Waals surface area contributed by atoms with Gasteiger partial charge in [0.2, 0.25) is 5.79 Å². The zero-order valence-corrected chi connectivity index (χ0v) is 21.1. The molecule has 34 heavy (non-hydrogen) atoms. The zero-order chi connectivity index (χ0) is 24.5. The molecule has 5 heteroatoms. The Kier molecular flexibility index (Phi) is 6.05. The average molecular weight is 469 g/mol. The van der Waals surface area contributed by atoms with E-state index in [0.29, 0.717) is 29.2 Å². The van der Waals surface area contributed by atoms with Crippen molar-refractivity contribution >= 4 is 0 Å². The van der Waals surface area contributed by atoms with Crippen molar-refractivity contribution in [1.82, 2.24) is 0 Å². The maximum Gasteiger partial charge on any atom is 0.205 e. The molecule has 7 N–H and O–H groups in total. The van der Waals surface area contributed by atoms with Gasteiger partial charge in [0.05, 0.1) is 12.1 Å². The molecule has 3 saturated carbocycles. The Morgan fingerprint density at radius 3 is 2.47 bits per heavy atom. The van der Waals surface area contributed by atoms with E-state index in [-0.39, 0.29) is 23.0 Å². The Labute approximate surface area is 204 Å². The number of rotatable bonds is 4. The maximum absolute atomic E-state index is 11.1. The second kappa shape index (κ2) is 8.41. The third-order valence-electron chi connectivity index (χ3n) is 10.8. The molecule has 0 aliphatic heterocycles. The first-order valence-corrected chi connectivity index (χ1v) is 13.4. The molecule has 1 aromatic rings. The first kappa shape index (κ1) is 24.5. The third-order valence-corrected chi connectivity index (χ3v) is 10.8. The van der Waals surface area contributed by atoms with Gasteiger partial charge in [0.25, 0.3) is 0 Å². The summed E-state index contributed by atoms with van der Waals surface area (Å²) < 4.78 is 0. The summed E-state index contributed by atoms with van der Waals surface area (Å²) in [5, 5.41) is 32.4. The minimum absolute atomic E-state index is 0.0468. The number of aryl methyl sites for hydroxylation is 1. The van der Waals surface area contributed by atoms with Gasteiger partial charge in [-0.1, -0.05) is 55.3 Å². The van der Waals surface area contributed by atoms with Crippen molar-refractivity contribution < 1.29 is 15.3 Å². The number of hydrogen-bond acceptors (Lipinski definition) is 5. The first-order valence-electron chi connectivity index (χ1n) is 13.4. The van der Waals surface area contributed by atoms with Gasteiger partial charge in [-0.25, -0.2) is 0 Å². The van der Waals surface area contributed by atoms with Gasteiger partial charge in [-0.15, -0.1) is 0 Å². The Morgan fingerprint density at radius 2 is 1.76 bits per heavy atom. The standard InChI is InChI=1S/C29H44N2O3/c1-17-4-6-20(7-5-17)29(33,34)26(30)18(2)23-10-11-25-27(23,3)14-13-24-22-9-8-21(32)16-19(22)12-15-28(24,25)31/h4-7,12,18,21-26,32-34H,8-11,13-16,30-31H2,1-3H3. The topological polar surface area (TPSA) is 113 Å². The van der Waals surface area contributed by atoms with Crippen molar-refractivity contribution in [3.63, 3.8) is 0 Å². The molecule has 0 amide bonds. The molecule has 9 atom stereocenters. The lowest BCUT2D eigenvalue weighted by Crippen LogP contribution is -2.64. The van der Waals surface area contributed by atoms with E-state index in [4.69, 9.17) is 11.5 Å². The summed E-state index contributed by atoms with van der Waals surface area (Å²) in [6.07, 6.45) is 10.2. The fourth-order valence-corrected chi connectivity index (χ4v) is 8.93. The van der Waals surface area contributed by atoms with Crippen molar-refractivity contribution in [1.29, 1.82) is 0 Å². The fraction of sp³-hybridized carbons (Fsp3) is 0.724. The molecule has 0 heterocycles. The Balaban J connectivity index is 1.39. The summed E-state index contributed by atoms with van der Waals surface area (Å²) in [6.45, 7) is 6.49. The number of hydrogen-bond donors (Lipinski definition) is 5. The second-order valence-corrected chi connectivity index (χ2v) is 12.5. The van der Waals surface area contributed by atoms with Gasteiger partial charge < -0.3 is 26.8 Å². The molecule has 0 saturated heterocycles. The Morgan fingerprint density at radius 1 is 1.06 bits per heavy atom. The predicted molar refractivity (Wildman–Crippen MR) is 134 cm³/mol. The zero-order valence-electron chi connectivity index (χ0n) is 21.1. The lowest BCUT2D eigenvalue weighted by atomic mass is 9.47. The van der Waals surface area contributed by atoms with Crippen molar-refractivity contribution in [3.05, 3.63) is 47.0 Å². The molecule has 0 radical (unpaired) electrons. The fourth-order valence-electron chi connectivity index (χ4n) is 8.93. The number of fused-ring (bicyclic) bond motifs is 5. The van der Waals surface area contributed by atoms with E-state index in [1.165, 1.54) is 5.57 Å². The van der Waals surface area contributed by atoms with Crippen molar-refractivity contribution in [2.45, 2.75) is 95.6 Å². The van der Waals surface area contributed by atoms with Crippen LogP contribution in [0.1, 0.15) is 76.3 Å². The van der Waals surface area contributed by atoms with E-state index in [1.807, 2.05) is 19.1 Å². The van der Waals surface area contributed by atoms with Crippen LogP contribution in [0.3, 0.4) is 0 Å². The van der Waals surface area contributed by atoms with E-state index in [1.54, 1.807) is 12.1 Å². The molecular weight excluding hydrogens is 424 g/mol. The molecule has 3 fully saturated rings. The largest absolute Gasteiger partial charge is 0.393 e. The third kappa shape index (κ3) is 3.62. The molecule has 0 spiro atoms. The molecule has 9 unspecified atom stereocenters. The minimum atomic E-state index is -2.06. The SMILES string of the molecule is Cc1ccc(C(O)(O)C(N)C(C)C2CCC3C2(C)CCC2C4CCC(O)CC4=CCC23N)cc1. The van der Waals surface area contributed by atoms with Gasteiger partial charge in [0.15, 0.2) is 0 Å². The number of benzene rings is 1. The van der Waals surface area contributed by atoms with Crippen LogP contribution in [0.2, 0.25) is 0 Å². The molecule has 5 nitrogen and oxygen atoms in total. The molecule has 1 aromatic carbocycles. The monoisotopic (exact) mass is 468 g/mol. The maximum atomic E-state index is 11.1. The summed E-state index contributed by atoms with van der Waals surface area (Å²) in [5.41, 5.74) is 16.8. The van der Waals surface area contributed by atoms with Gasteiger partial charge in [0, 0.05) is 11.1 Å². The Hall–Kier alpha value is -1.24. The van der Waals surface area contributed by atoms with Gasteiger partial charge in [-0.2, -0.15) is 0 Å². The van der Waals surface area contributed by atoms with Crippen LogP contribution in [0.15, 0.2) is 35.9 Å². The molecule has 4 aliphatic rings. The van der Waals surface area contributed by atoms with Crippen LogP contribution in [0.25, 0.3) is 0 Å². The van der Waals surface area contributed by atoms with Crippen LogP contribution in [-0.4, -0.2) is 33.0 Å². The van der Waals surface area contributed by atoms with Gasteiger partial charge >= 0.3 is 0 Å². The van der Waals surface area contributed by atoms with Gasteiger partial charge in [-0.3, -0.25) is 0 Å². The smallest absolute Gasteiger partial charge is 0.205 e. The van der Waals surface area contributed by atoms with E-state index >= 15 is 0 Å². The van der Waals surface area contributed by atoms with E-state index in [2.05, 4.69) is 19.9 Å². The summed E-state index contributed by atoms with van der Waals surface area (Å²) in [6, 6.07) is 6.56. The summed E-state index contributed by atoms with van der Waals surface area (Å²) in [4.78, 5) is 0. The van der Waals surface area contributed by atoms with Gasteiger partial charge in [0.1, 0.15) is 0 Å². The summed E-state index contributed by atoms with van der Waals surface area (Å²) in [5.74, 6) is -0.390. The van der Waals surface area contributed by atoms with Crippen LogP contribution in [-0.2, 0) is 5.79 Å². The normalized spacial score (nSPS) is 41.6. The van der Waals surface area contributed by atoms with Crippen LogP contribution in [0.5, 0.6) is 0 Å². The number of aliphatic hydroxyl groups excluding tert-OH is 1. The van der Waals surface area contributed by atoms with Crippen molar-refractivity contribution in [2.75, 3.05) is 0 Å². The second-order valence-electron chi connectivity index (χ2n) is 12.5. The molecular formula is C29H44N2O3. The minimum Gasteiger partial charge on any atom is -0.393 e. The summed E-state index contributed by atoms with van der Waals surface area (Å²) in [7, 11) is 0. The molecule has 4 aliphatic carbocycles. The van der Waals surface area contributed by atoms with Gasteiger partial charge in [-0.05, 0) is 93.3 Å². The van der Waals surface area contributed by atoms with E-state index in [0.717, 1.165) is 56.9 Å². The van der Waals surface area contributed by atoms with Crippen LogP contribution >= 0.6 is 0 Å². The molecule has 0 aromatic heterocycles. The lowest BCUT2D eigenvalue weighted by Gasteiger charge is -2.60. The quantitative estimate of drug-likeness (QED) is 0.341. The highest BCUT2D eigenvalue weighted by atomic mass is 16.5. The van der Waals surface area contributed by atoms with Crippen molar-refractivity contribution in [2.24, 2.45) is 46.5 Å². The highest BCUT2D eigenvalue weighted by Crippen LogP contribution is 2.65. The van der Waals surface area contributed by atoms with Crippen LogP contribution in [0, 0.1) is 41.9 Å². The average Bonchev–Trinajstić information content (AvgIpc) is 3.16. The summed E-state index contributed by atoms with van der Waals surface area (Å²) >= 11 is 0. The molecule has 188 valence electrons. The van der Waals surface area contributed by atoms with Crippen LogP contribution < -0.4 is 11.5 Å². The van der Waals surface area contributed by atoms with E-state index < -0.39 is 11.8 Å². The highest BCUT2D eigenvalue weighted by molar-refractivity contribution is 5.28. The predicted octanol–water partition coefficient (Wildman–Crippen LogP) is 3.73. The molecule has 5 rings (SSSR count). The first-order chi connectivity index (χ1) is 16.0.